The average Bonchev–Trinajstić information content (AvgIpc) is 3.16. The number of para-hydroxylation sites is 1. The van der Waals surface area contributed by atoms with E-state index >= 15 is 0 Å². The molecule has 0 unspecified atom stereocenters. The van der Waals surface area contributed by atoms with Crippen LogP contribution in [0.25, 0.3) is 5.57 Å². The molecule has 2 aromatic carbocycles. The molecule has 2 aromatic rings. The third-order valence-corrected chi connectivity index (χ3v) is 6.54. The summed E-state index contributed by atoms with van der Waals surface area (Å²) in [6.07, 6.45) is 0.759. The fourth-order valence-corrected chi connectivity index (χ4v) is 5.10. The van der Waals surface area contributed by atoms with Crippen LogP contribution in [0.15, 0.2) is 53.4 Å². The van der Waals surface area contributed by atoms with Crippen LogP contribution in [0, 0.1) is 0 Å². The lowest BCUT2D eigenvalue weighted by atomic mass is 10.1. The Kier molecular flexibility index (Phi) is 6.13. The monoisotopic (exact) mass is 471 g/mol. The zero-order valence-corrected chi connectivity index (χ0v) is 18.9. The van der Waals surface area contributed by atoms with E-state index in [1.54, 1.807) is 48.5 Å². The molecule has 1 N–H and O–H groups in total. The summed E-state index contributed by atoms with van der Waals surface area (Å²) >= 11 is 12.5. The molecule has 0 bridgehead atoms. The second-order valence-corrected chi connectivity index (χ2v) is 9.08. The van der Waals surface area contributed by atoms with Crippen LogP contribution in [0.1, 0.15) is 18.9 Å². The highest BCUT2D eigenvalue weighted by atomic mass is 35.5. The summed E-state index contributed by atoms with van der Waals surface area (Å²) in [7, 11) is 0. The standard InChI is InChI=1S/C22H18ClN3O3S2/c1-2-10-25-21(29)19(31-22(25)30)18-15-8-3-4-9-16(15)26(20(18)28)12-17(27)24-14-7-5-6-13(23)11-14/h3-9,11H,2,10,12H2,1H3,(H,24,27). The Hall–Kier alpha value is -2.68. The Morgan fingerprint density at radius 2 is 1.87 bits per heavy atom. The van der Waals surface area contributed by atoms with E-state index in [1.165, 1.54) is 9.80 Å². The van der Waals surface area contributed by atoms with E-state index in [4.69, 9.17) is 23.8 Å². The molecule has 1 saturated heterocycles. The molecule has 0 saturated carbocycles. The molecule has 9 heteroatoms. The lowest BCUT2D eigenvalue weighted by Gasteiger charge is -2.17. The van der Waals surface area contributed by atoms with E-state index in [2.05, 4.69) is 5.32 Å². The van der Waals surface area contributed by atoms with Gasteiger partial charge in [-0.05, 0) is 30.7 Å². The van der Waals surface area contributed by atoms with Crippen molar-refractivity contribution in [2.45, 2.75) is 13.3 Å². The first kappa shape index (κ1) is 21.5. The number of halogens is 1. The molecular weight excluding hydrogens is 454 g/mol. The van der Waals surface area contributed by atoms with Crippen molar-refractivity contribution in [3.8, 4) is 0 Å². The molecule has 0 radical (unpaired) electrons. The number of anilines is 2. The highest BCUT2D eigenvalue weighted by Gasteiger charge is 2.42. The van der Waals surface area contributed by atoms with Crippen molar-refractivity contribution in [3.05, 3.63) is 64.0 Å². The predicted octanol–water partition coefficient (Wildman–Crippen LogP) is 4.31. The predicted molar refractivity (Wildman–Crippen MR) is 128 cm³/mol. The van der Waals surface area contributed by atoms with Gasteiger partial charge in [0.15, 0.2) is 0 Å². The number of hydrogen-bond acceptors (Lipinski definition) is 5. The van der Waals surface area contributed by atoms with Crippen molar-refractivity contribution in [1.29, 1.82) is 0 Å². The van der Waals surface area contributed by atoms with Crippen molar-refractivity contribution in [2.75, 3.05) is 23.3 Å². The number of carbonyl (C=O) groups is 3. The minimum atomic E-state index is -0.389. The van der Waals surface area contributed by atoms with Crippen molar-refractivity contribution in [2.24, 2.45) is 0 Å². The van der Waals surface area contributed by atoms with Gasteiger partial charge in [-0.1, -0.05) is 66.8 Å². The van der Waals surface area contributed by atoms with Gasteiger partial charge >= 0.3 is 0 Å². The number of thioether (sulfide) groups is 1. The van der Waals surface area contributed by atoms with Gasteiger partial charge in [0.25, 0.3) is 11.8 Å². The molecule has 2 heterocycles. The summed E-state index contributed by atoms with van der Waals surface area (Å²) in [5.41, 5.74) is 2.05. The highest BCUT2D eigenvalue weighted by molar-refractivity contribution is 8.26. The molecule has 0 aromatic heterocycles. The van der Waals surface area contributed by atoms with Crippen LogP contribution in [0.5, 0.6) is 0 Å². The Labute approximate surface area is 194 Å². The summed E-state index contributed by atoms with van der Waals surface area (Å²) in [6.45, 7) is 2.27. The van der Waals surface area contributed by atoms with E-state index in [1.807, 2.05) is 6.92 Å². The molecule has 31 heavy (non-hydrogen) atoms. The van der Waals surface area contributed by atoms with Crippen LogP contribution < -0.4 is 10.2 Å². The first-order chi connectivity index (χ1) is 14.9. The number of carbonyl (C=O) groups excluding carboxylic acids is 3. The van der Waals surface area contributed by atoms with Crippen LogP contribution in [0.3, 0.4) is 0 Å². The number of hydrogen-bond donors (Lipinski definition) is 1. The summed E-state index contributed by atoms with van der Waals surface area (Å²) < 4.78 is 0.441. The smallest absolute Gasteiger partial charge is 0.267 e. The zero-order chi connectivity index (χ0) is 22.1. The molecule has 0 spiro atoms. The molecule has 2 aliphatic heterocycles. The van der Waals surface area contributed by atoms with Crippen molar-refractivity contribution in [1.82, 2.24) is 4.90 Å². The van der Waals surface area contributed by atoms with Crippen molar-refractivity contribution in [3.63, 3.8) is 0 Å². The summed E-state index contributed by atoms with van der Waals surface area (Å²) in [4.78, 5) is 42.2. The molecule has 2 aliphatic rings. The number of benzene rings is 2. The maximum atomic E-state index is 13.3. The molecule has 0 aliphatic carbocycles. The zero-order valence-electron chi connectivity index (χ0n) is 16.6. The van der Waals surface area contributed by atoms with Gasteiger partial charge in [0.1, 0.15) is 10.9 Å². The van der Waals surface area contributed by atoms with Crippen LogP contribution in [-0.2, 0) is 14.4 Å². The quantitative estimate of drug-likeness (QED) is 0.520. The first-order valence-electron chi connectivity index (χ1n) is 9.65. The molecule has 4 rings (SSSR count). The van der Waals surface area contributed by atoms with Gasteiger partial charge in [-0.3, -0.25) is 24.2 Å². The van der Waals surface area contributed by atoms with E-state index in [-0.39, 0.29) is 24.3 Å². The number of rotatable bonds is 5. The molecule has 158 valence electrons. The van der Waals surface area contributed by atoms with Crippen molar-refractivity contribution < 1.29 is 14.4 Å². The van der Waals surface area contributed by atoms with Crippen LogP contribution in [-0.4, -0.2) is 40.0 Å². The largest absolute Gasteiger partial charge is 0.324 e. The average molecular weight is 472 g/mol. The maximum absolute atomic E-state index is 13.3. The van der Waals surface area contributed by atoms with E-state index in [0.717, 1.165) is 18.2 Å². The molecule has 3 amide bonds. The Morgan fingerprint density at radius 3 is 2.61 bits per heavy atom. The van der Waals surface area contributed by atoms with Gasteiger partial charge < -0.3 is 5.32 Å². The van der Waals surface area contributed by atoms with Crippen LogP contribution in [0.2, 0.25) is 5.02 Å². The Morgan fingerprint density at radius 1 is 1.10 bits per heavy atom. The van der Waals surface area contributed by atoms with Crippen LogP contribution >= 0.6 is 35.6 Å². The lowest BCUT2D eigenvalue weighted by molar-refractivity contribution is -0.122. The second kappa shape index (κ2) is 8.82. The number of amides is 3. The third-order valence-electron chi connectivity index (χ3n) is 4.86. The normalized spacial score (nSPS) is 18.1. The van der Waals surface area contributed by atoms with Gasteiger partial charge in [-0.15, -0.1) is 0 Å². The molecule has 6 nitrogen and oxygen atoms in total. The van der Waals surface area contributed by atoms with Gasteiger partial charge in [-0.25, -0.2) is 0 Å². The van der Waals surface area contributed by atoms with E-state index in [9.17, 15) is 14.4 Å². The third kappa shape index (κ3) is 4.11. The fraction of sp³-hybridized carbons (Fsp3) is 0.182. The number of fused-ring (bicyclic) bond motifs is 1. The SMILES string of the molecule is CCCN1C(=O)C(=C2C(=O)N(CC(=O)Nc3cccc(Cl)c3)c3ccccc32)SC1=S. The van der Waals surface area contributed by atoms with Gasteiger partial charge in [-0.2, -0.15) is 0 Å². The minimum absolute atomic E-state index is 0.193. The maximum Gasteiger partial charge on any atom is 0.267 e. The lowest BCUT2D eigenvalue weighted by Crippen LogP contribution is -2.35. The molecule has 1 fully saturated rings. The fourth-order valence-electron chi connectivity index (χ4n) is 3.53. The second-order valence-electron chi connectivity index (χ2n) is 7.00. The Balaban J connectivity index is 1.65. The van der Waals surface area contributed by atoms with Crippen molar-refractivity contribution >= 4 is 74.6 Å². The topological polar surface area (TPSA) is 69.7 Å². The van der Waals surface area contributed by atoms with Gasteiger partial charge in [0.2, 0.25) is 5.91 Å². The van der Waals surface area contributed by atoms with Gasteiger partial charge in [0.05, 0.1) is 16.2 Å². The summed E-state index contributed by atoms with van der Waals surface area (Å²) in [6, 6.07) is 13.9. The first-order valence-corrected chi connectivity index (χ1v) is 11.3. The molecular formula is C22H18ClN3O3S2. The van der Waals surface area contributed by atoms with E-state index < -0.39 is 0 Å². The summed E-state index contributed by atoms with van der Waals surface area (Å²) in [5, 5.41) is 3.25. The summed E-state index contributed by atoms with van der Waals surface area (Å²) in [5.74, 6) is -1.02. The molecule has 0 atom stereocenters. The number of nitrogens with zero attached hydrogens (tertiary/aromatic N) is 2. The Bertz CT molecular complexity index is 1150. The van der Waals surface area contributed by atoms with E-state index in [0.29, 0.717) is 43.3 Å². The van der Waals surface area contributed by atoms with Gasteiger partial charge in [0, 0.05) is 22.8 Å². The van der Waals surface area contributed by atoms with Crippen LogP contribution in [0.4, 0.5) is 11.4 Å². The number of thiocarbonyl (C=S) groups is 1. The number of nitrogens with one attached hydrogen (secondary N) is 1. The highest BCUT2D eigenvalue weighted by Crippen LogP contribution is 2.44. The minimum Gasteiger partial charge on any atom is -0.324 e.